The van der Waals surface area contributed by atoms with Crippen LogP contribution >= 0.6 is 15.9 Å². The SMILES string of the molecule is Brc1cccc2c1CC1NCCOC21. The van der Waals surface area contributed by atoms with E-state index in [2.05, 4.69) is 39.4 Å². The summed E-state index contributed by atoms with van der Waals surface area (Å²) in [6.07, 6.45) is 1.36. The van der Waals surface area contributed by atoms with Gasteiger partial charge >= 0.3 is 0 Å². The lowest BCUT2D eigenvalue weighted by molar-refractivity contribution is 0.00358. The normalized spacial score (nSPS) is 29.8. The third-order valence-corrected chi connectivity index (χ3v) is 3.80. The van der Waals surface area contributed by atoms with Gasteiger partial charge in [-0.15, -0.1) is 0 Å². The van der Waals surface area contributed by atoms with E-state index in [-0.39, 0.29) is 6.10 Å². The molecule has 1 saturated heterocycles. The van der Waals surface area contributed by atoms with Gasteiger partial charge in [0.05, 0.1) is 12.7 Å². The van der Waals surface area contributed by atoms with Crippen LogP contribution in [0.5, 0.6) is 0 Å². The van der Waals surface area contributed by atoms with Crippen molar-refractivity contribution >= 4 is 15.9 Å². The highest BCUT2D eigenvalue weighted by atomic mass is 79.9. The van der Waals surface area contributed by atoms with Gasteiger partial charge in [-0.2, -0.15) is 0 Å². The van der Waals surface area contributed by atoms with Gasteiger partial charge in [0, 0.05) is 17.1 Å². The van der Waals surface area contributed by atoms with Crippen molar-refractivity contribution in [3.63, 3.8) is 0 Å². The van der Waals surface area contributed by atoms with Gasteiger partial charge in [0.1, 0.15) is 0 Å². The third kappa shape index (κ3) is 1.23. The average molecular weight is 254 g/mol. The van der Waals surface area contributed by atoms with Gasteiger partial charge in [-0.1, -0.05) is 28.1 Å². The highest BCUT2D eigenvalue weighted by Crippen LogP contribution is 2.38. The molecule has 1 fully saturated rings. The molecule has 2 atom stereocenters. The lowest BCUT2D eigenvalue weighted by atomic mass is 10.1. The minimum atomic E-state index is 0.274. The van der Waals surface area contributed by atoms with Crippen LogP contribution in [0.25, 0.3) is 0 Å². The molecule has 0 bridgehead atoms. The van der Waals surface area contributed by atoms with Gasteiger partial charge in [0.25, 0.3) is 0 Å². The Labute approximate surface area is 91.8 Å². The quantitative estimate of drug-likeness (QED) is 0.764. The zero-order valence-corrected chi connectivity index (χ0v) is 9.38. The summed E-state index contributed by atoms with van der Waals surface area (Å²) < 4.78 is 7.02. The van der Waals surface area contributed by atoms with E-state index in [0.29, 0.717) is 6.04 Å². The smallest absolute Gasteiger partial charge is 0.0984 e. The van der Waals surface area contributed by atoms with E-state index >= 15 is 0 Å². The van der Waals surface area contributed by atoms with E-state index in [1.54, 1.807) is 0 Å². The largest absolute Gasteiger partial charge is 0.371 e. The molecule has 0 saturated carbocycles. The first-order valence-corrected chi connectivity index (χ1v) is 5.78. The van der Waals surface area contributed by atoms with Crippen molar-refractivity contribution in [1.29, 1.82) is 0 Å². The maximum absolute atomic E-state index is 5.80. The summed E-state index contributed by atoms with van der Waals surface area (Å²) in [6.45, 7) is 1.81. The summed E-state index contributed by atoms with van der Waals surface area (Å²) in [6, 6.07) is 6.86. The number of halogens is 1. The monoisotopic (exact) mass is 253 g/mol. The van der Waals surface area contributed by atoms with Crippen molar-refractivity contribution in [2.75, 3.05) is 13.2 Å². The molecule has 2 nitrogen and oxygen atoms in total. The number of morpholine rings is 1. The Balaban J connectivity index is 2.05. The van der Waals surface area contributed by atoms with Crippen LogP contribution in [0.1, 0.15) is 17.2 Å². The minimum Gasteiger partial charge on any atom is -0.371 e. The van der Waals surface area contributed by atoms with E-state index in [0.717, 1.165) is 19.6 Å². The molecule has 1 aliphatic heterocycles. The van der Waals surface area contributed by atoms with E-state index < -0.39 is 0 Å². The van der Waals surface area contributed by atoms with Crippen molar-refractivity contribution in [3.8, 4) is 0 Å². The molecule has 2 unspecified atom stereocenters. The predicted molar refractivity (Wildman–Crippen MR) is 58.3 cm³/mol. The number of fused-ring (bicyclic) bond motifs is 3. The molecule has 1 N–H and O–H groups in total. The molecule has 1 aromatic rings. The summed E-state index contributed by atoms with van der Waals surface area (Å²) >= 11 is 3.60. The molecule has 74 valence electrons. The molecule has 1 heterocycles. The maximum Gasteiger partial charge on any atom is 0.0984 e. The Hall–Kier alpha value is -0.380. The summed E-state index contributed by atoms with van der Waals surface area (Å²) in [5.74, 6) is 0. The molecule has 3 heteroatoms. The average Bonchev–Trinajstić information content (AvgIpc) is 2.59. The summed E-state index contributed by atoms with van der Waals surface area (Å²) in [4.78, 5) is 0. The Bertz CT molecular complexity index is 366. The topological polar surface area (TPSA) is 21.3 Å². The number of benzene rings is 1. The Morgan fingerprint density at radius 2 is 2.36 bits per heavy atom. The molecule has 1 aliphatic carbocycles. The second kappa shape index (κ2) is 3.33. The van der Waals surface area contributed by atoms with Crippen LogP contribution in [-0.4, -0.2) is 19.2 Å². The summed E-state index contributed by atoms with van der Waals surface area (Å²) in [7, 11) is 0. The van der Waals surface area contributed by atoms with Gasteiger partial charge in [0.15, 0.2) is 0 Å². The van der Waals surface area contributed by atoms with Crippen LogP contribution < -0.4 is 5.32 Å². The van der Waals surface area contributed by atoms with Gasteiger partial charge < -0.3 is 10.1 Å². The number of rotatable bonds is 0. The van der Waals surface area contributed by atoms with E-state index in [1.165, 1.54) is 15.6 Å². The molecule has 1 aromatic carbocycles. The zero-order valence-electron chi connectivity index (χ0n) is 7.79. The lowest BCUT2D eigenvalue weighted by Crippen LogP contribution is -2.41. The highest BCUT2D eigenvalue weighted by Gasteiger charge is 2.35. The summed E-state index contributed by atoms with van der Waals surface area (Å²) in [5.41, 5.74) is 2.77. The first kappa shape index (κ1) is 8.89. The lowest BCUT2D eigenvalue weighted by Gasteiger charge is -2.27. The highest BCUT2D eigenvalue weighted by molar-refractivity contribution is 9.10. The van der Waals surface area contributed by atoms with Crippen LogP contribution in [0.15, 0.2) is 22.7 Å². The molecule has 0 aromatic heterocycles. The van der Waals surface area contributed by atoms with Crippen molar-refractivity contribution in [1.82, 2.24) is 5.32 Å². The van der Waals surface area contributed by atoms with Crippen LogP contribution in [0.3, 0.4) is 0 Å². The molecule has 0 spiro atoms. The van der Waals surface area contributed by atoms with Crippen LogP contribution in [0.4, 0.5) is 0 Å². The molecule has 0 radical (unpaired) electrons. The van der Waals surface area contributed by atoms with E-state index in [9.17, 15) is 0 Å². The second-order valence-electron chi connectivity index (χ2n) is 3.86. The molecule has 14 heavy (non-hydrogen) atoms. The van der Waals surface area contributed by atoms with Crippen molar-refractivity contribution in [3.05, 3.63) is 33.8 Å². The number of hydrogen-bond donors (Lipinski definition) is 1. The van der Waals surface area contributed by atoms with Gasteiger partial charge in [-0.3, -0.25) is 0 Å². The van der Waals surface area contributed by atoms with Gasteiger partial charge in [0.2, 0.25) is 0 Å². The Kier molecular flexibility index (Phi) is 2.11. The minimum absolute atomic E-state index is 0.274. The molecular formula is C11H12BrNO. The number of ether oxygens (including phenoxy) is 1. The fourth-order valence-corrected chi connectivity index (χ4v) is 2.96. The first-order chi connectivity index (χ1) is 6.86. The van der Waals surface area contributed by atoms with Gasteiger partial charge in [-0.05, 0) is 23.6 Å². The fourth-order valence-electron chi connectivity index (χ4n) is 2.42. The molecular weight excluding hydrogens is 242 g/mol. The van der Waals surface area contributed by atoms with Crippen LogP contribution in [0.2, 0.25) is 0 Å². The van der Waals surface area contributed by atoms with Gasteiger partial charge in [-0.25, -0.2) is 0 Å². The molecule has 2 aliphatic rings. The van der Waals surface area contributed by atoms with Crippen LogP contribution in [0, 0.1) is 0 Å². The van der Waals surface area contributed by atoms with E-state index in [1.807, 2.05) is 0 Å². The number of nitrogens with one attached hydrogen (secondary N) is 1. The standard InChI is InChI=1S/C11H12BrNO/c12-9-3-1-2-7-8(9)6-10-11(7)14-5-4-13-10/h1-3,10-11,13H,4-6H2. The molecule has 3 rings (SSSR count). The predicted octanol–water partition coefficient (Wildman–Crippen LogP) is 2.03. The zero-order chi connectivity index (χ0) is 9.54. The van der Waals surface area contributed by atoms with E-state index in [4.69, 9.17) is 4.74 Å². The van der Waals surface area contributed by atoms with Crippen molar-refractivity contribution in [2.24, 2.45) is 0 Å². The maximum atomic E-state index is 5.80. The van der Waals surface area contributed by atoms with Crippen molar-refractivity contribution < 1.29 is 4.74 Å². The Morgan fingerprint density at radius 3 is 3.29 bits per heavy atom. The summed E-state index contributed by atoms with van der Waals surface area (Å²) in [5, 5.41) is 3.51. The third-order valence-electron chi connectivity index (χ3n) is 3.06. The first-order valence-electron chi connectivity index (χ1n) is 4.98. The number of hydrogen-bond acceptors (Lipinski definition) is 2. The van der Waals surface area contributed by atoms with Crippen LogP contribution in [-0.2, 0) is 11.2 Å². The molecule has 0 amide bonds. The Morgan fingerprint density at radius 1 is 1.43 bits per heavy atom. The second-order valence-corrected chi connectivity index (χ2v) is 4.72. The van der Waals surface area contributed by atoms with Crippen molar-refractivity contribution in [2.45, 2.75) is 18.6 Å². The fraction of sp³-hybridized carbons (Fsp3) is 0.455.